The predicted molar refractivity (Wildman–Crippen MR) is 85.8 cm³/mol. The summed E-state index contributed by atoms with van der Waals surface area (Å²) in [7, 11) is 1.85. The Bertz CT molecular complexity index is 659. The summed E-state index contributed by atoms with van der Waals surface area (Å²) in [4.78, 5) is 14.3. The van der Waals surface area contributed by atoms with Crippen LogP contribution in [0.4, 0.5) is 0 Å². The van der Waals surface area contributed by atoms with Gasteiger partial charge in [0.15, 0.2) is 0 Å². The highest BCUT2D eigenvalue weighted by Gasteiger charge is 2.38. The van der Waals surface area contributed by atoms with Crippen molar-refractivity contribution in [2.45, 2.75) is 37.8 Å². The van der Waals surface area contributed by atoms with Crippen molar-refractivity contribution >= 4 is 16.7 Å². The second kappa shape index (κ2) is 5.49. The van der Waals surface area contributed by atoms with E-state index < -0.39 is 5.54 Å². The zero-order valence-electron chi connectivity index (χ0n) is 12.5. The molecule has 0 aliphatic heterocycles. The van der Waals surface area contributed by atoms with Gasteiger partial charge in [-0.05, 0) is 35.2 Å². The van der Waals surface area contributed by atoms with Gasteiger partial charge in [0, 0.05) is 13.6 Å². The Morgan fingerprint density at radius 1 is 1.14 bits per heavy atom. The van der Waals surface area contributed by atoms with Crippen LogP contribution in [-0.4, -0.2) is 23.4 Å². The van der Waals surface area contributed by atoms with E-state index in [1.54, 1.807) is 4.90 Å². The van der Waals surface area contributed by atoms with Gasteiger partial charge in [0.2, 0.25) is 5.91 Å². The number of likely N-dealkylation sites (N-methyl/N-ethyl adjacent to an activating group) is 1. The van der Waals surface area contributed by atoms with Gasteiger partial charge in [-0.25, -0.2) is 0 Å². The number of rotatable bonds is 3. The molecule has 0 radical (unpaired) electrons. The fourth-order valence-corrected chi connectivity index (χ4v) is 3.28. The normalized spacial score (nSPS) is 17.0. The minimum absolute atomic E-state index is 0.0770. The molecule has 0 atom stereocenters. The number of nitrogens with two attached hydrogens (primary N) is 1. The molecular formula is C18H22N2O. The van der Waals surface area contributed by atoms with E-state index in [9.17, 15) is 4.79 Å². The van der Waals surface area contributed by atoms with Gasteiger partial charge in [-0.3, -0.25) is 4.79 Å². The summed E-state index contributed by atoms with van der Waals surface area (Å²) in [6, 6.07) is 14.6. The largest absolute Gasteiger partial charge is 0.340 e. The van der Waals surface area contributed by atoms with E-state index in [2.05, 4.69) is 30.3 Å². The number of hydrogen-bond donors (Lipinski definition) is 1. The van der Waals surface area contributed by atoms with Crippen LogP contribution < -0.4 is 5.73 Å². The third-order valence-corrected chi connectivity index (χ3v) is 4.50. The Balaban J connectivity index is 1.76. The van der Waals surface area contributed by atoms with Crippen molar-refractivity contribution in [2.24, 2.45) is 5.73 Å². The lowest BCUT2D eigenvalue weighted by Gasteiger charge is -2.28. The third kappa shape index (κ3) is 2.79. The summed E-state index contributed by atoms with van der Waals surface area (Å²) in [5.74, 6) is 0.0770. The molecule has 0 bridgehead atoms. The van der Waals surface area contributed by atoms with Crippen molar-refractivity contribution in [1.82, 2.24) is 4.90 Å². The molecule has 0 aromatic heterocycles. The molecule has 0 heterocycles. The summed E-state index contributed by atoms with van der Waals surface area (Å²) < 4.78 is 0. The smallest absolute Gasteiger partial charge is 0.242 e. The van der Waals surface area contributed by atoms with Crippen LogP contribution in [-0.2, 0) is 11.3 Å². The zero-order chi connectivity index (χ0) is 14.9. The first-order valence-electron chi connectivity index (χ1n) is 7.61. The molecule has 3 nitrogen and oxygen atoms in total. The van der Waals surface area contributed by atoms with Gasteiger partial charge in [-0.1, -0.05) is 49.2 Å². The minimum atomic E-state index is -0.633. The van der Waals surface area contributed by atoms with Crippen LogP contribution in [0.25, 0.3) is 10.8 Å². The van der Waals surface area contributed by atoms with Gasteiger partial charge in [-0.15, -0.1) is 0 Å². The highest BCUT2D eigenvalue weighted by molar-refractivity contribution is 5.86. The number of nitrogens with zero attached hydrogens (tertiary/aromatic N) is 1. The number of fused-ring (bicyclic) bond motifs is 1. The fourth-order valence-electron chi connectivity index (χ4n) is 3.28. The summed E-state index contributed by atoms with van der Waals surface area (Å²) in [6.45, 7) is 0.614. The number of benzene rings is 2. The van der Waals surface area contributed by atoms with Crippen LogP contribution in [0, 0.1) is 0 Å². The lowest BCUT2D eigenvalue weighted by molar-refractivity contribution is -0.136. The molecule has 3 heteroatoms. The second-order valence-electron chi connectivity index (χ2n) is 6.21. The Kier molecular flexibility index (Phi) is 3.68. The molecule has 2 aromatic carbocycles. The zero-order valence-corrected chi connectivity index (χ0v) is 12.5. The van der Waals surface area contributed by atoms with Crippen molar-refractivity contribution in [1.29, 1.82) is 0 Å². The van der Waals surface area contributed by atoms with Crippen LogP contribution in [0.2, 0.25) is 0 Å². The summed E-state index contributed by atoms with van der Waals surface area (Å²) in [5.41, 5.74) is 6.77. The molecule has 0 spiro atoms. The molecule has 1 aliphatic carbocycles. The van der Waals surface area contributed by atoms with Crippen molar-refractivity contribution in [3.05, 3.63) is 48.0 Å². The number of carbonyl (C=O) groups is 1. The molecule has 1 fully saturated rings. The van der Waals surface area contributed by atoms with Crippen LogP contribution >= 0.6 is 0 Å². The van der Waals surface area contributed by atoms with Gasteiger partial charge in [0.05, 0.1) is 5.54 Å². The van der Waals surface area contributed by atoms with Gasteiger partial charge in [-0.2, -0.15) is 0 Å². The standard InChI is InChI=1S/C18H22N2O/c1-20(17(21)18(19)10-4-5-11-18)13-14-8-9-15-6-2-3-7-16(15)12-14/h2-3,6-9,12H,4-5,10-11,13,19H2,1H3. The topological polar surface area (TPSA) is 46.3 Å². The van der Waals surface area contributed by atoms with Crippen molar-refractivity contribution in [3.8, 4) is 0 Å². The minimum Gasteiger partial charge on any atom is -0.340 e. The third-order valence-electron chi connectivity index (χ3n) is 4.50. The van der Waals surface area contributed by atoms with Crippen molar-refractivity contribution in [2.75, 3.05) is 7.05 Å². The van der Waals surface area contributed by atoms with E-state index in [0.717, 1.165) is 31.2 Å². The van der Waals surface area contributed by atoms with Gasteiger partial charge in [0.1, 0.15) is 0 Å². The highest BCUT2D eigenvalue weighted by Crippen LogP contribution is 2.29. The number of amides is 1. The van der Waals surface area contributed by atoms with E-state index in [-0.39, 0.29) is 5.91 Å². The average Bonchev–Trinajstić information content (AvgIpc) is 2.94. The van der Waals surface area contributed by atoms with Crippen LogP contribution in [0.5, 0.6) is 0 Å². The van der Waals surface area contributed by atoms with Gasteiger partial charge < -0.3 is 10.6 Å². The van der Waals surface area contributed by atoms with E-state index in [0.29, 0.717) is 6.54 Å². The average molecular weight is 282 g/mol. The summed E-state index contributed by atoms with van der Waals surface area (Å²) in [5, 5.41) is 2.43. The number of hydrogen-bond acceptors (Lipinski definition) is 2. The first-order valence-corrected chi connectivity index (χ1v) is 7.61. The highest BCUT2D eigenvalue weighted by atomic mass is 16.2. The molecule has 0 saturated heterocycles. The molecule has 110 valence electrons. The molecular weight excluding hydrogens is 260 g/mol. The Hall–Kier alpha value is -1.87. The van der Waals surface area contributed by atoms with Crippen molar-refractivity contribution < 1.29 is 4.79 Å². The monoisotopic (exact) mass is 282 g/mol. The lowest BCUT2D eigenvalue weighted by atomic mass is 9.97. The second-order valence-corrected chi connectivity index (χ2v) is 6.21. The Morgan fingerprint density at radius 3 is 2.52 bits per heavy atom. The quantitative estimate of drug-likeness (QED) is 0.940. The molecule has 3 rings (SSSR count). The van der Waals surface area contributed by atoms with E-state index >= 15 is 0 Å². The number of carbonyl (C=O) groups excluding carboxylic acids is 1. The summed E-state index contributed by atoms with van der Waals surface area (Å²) in [6.07, 6.45) is 3.75. The van der Waals surface area contributed by atoms with E-state index in [1.807, 2.05) is 19.2 Å². The lowest BCUT2D eigenvalue weighted by Crippen LogP contribution is -2.52. The molecule has 1 aliphatic rings. The van der Waals surface area contributed by atoms with E-state index in [1.165, 1.54) is 10.8 Å². The fraction of sp³-hybridized carbons (Fsp3) is 0.389. The Morgan fingerprint density at radius 2 is 1.81 bits per heavy atom. The van der Waals surface area contributed by atoms with Crippen LogP contribution in [0.1, 0.15) is 31.2 Å². The predicted octanol–water partition coefficient (Wildman–Crippen LogP) is 3.07. The maximum Gasteiger partial charge on any atom is 0.242 e. The van der Waals surface area contributed by atoms with E-state index in [4.69, 9.17) is 5.73 Å². The maximum atomic E-state index is 12.5. The maximum absolute atomic E-state index is 12.5. The molecule has 1 saturated carbocycles. The first-order chi connectivity index (χ1) is 10.1. The van der Waals surface area contributed by atoms with Gasteiger partial charge in [0.25, 0.3) is 0 Å². The van der Waals surface area contributed by atoms with Crippen molar-refractivity contribution in [3.63, 3.8) is 0 Å². The van der Waals surface area contributed by atoms with Crippen LogP contribution in [0.3, 0.4) is 0 Å². The Labute approximate surface area is 125 Å². The molecule has 2 N–H and O–H groups in total. The van der Waals surface area contributed by atoms with Crippen LogP contribution in [0.15, 0.2) is 42.5 Å². The molecule has 2 aromatic rings. The molecule has 21 heavy (non-hydrogen) atoms. The SMILES string of the molecule is CN(Cc1ccc2ccccc2c1)C(=O)C1(N)CCCC1. The van der Waals surface area contributed by atoms with Gasteiger partial charge >= 0.3 is 0 Å². The first kappa shape index (κ1) is 14.1. The summed E-state index contributed by atoms with van der Waals surface area (Å²) >= 11 is 0. The molecule has 0 unspecified atom stereocenters. The molecule has 1 amide bonds.